The highest BCUT2D eigenvalue weighted by Crippen LogP contribution is 2.37. The maximum absolute atomic E-state index is 12.9. The summed E-state index contributed by atoms with van der Waals surface area (Å²) < 4.78 is 19.0. The van der Waals surface area contributed by atoms with Gasteiger partial charge in [-0.15, -0.1) is 0 Å². The number of piperidine rings is 1. The van der Waals surface area contributed by atoms with Gasteiger partial charge in [0, 0.05) is 6.61 Å². The lowest BCUT2D eigenvalue weighted by Crippen LogP contribution is -2.48. The van der Waals surface area contributed by atoms with Crippen LogP contribution in [-0.4, -0.2) is 25.3 Å². The maximum Gasteiger partial charge on any atom is 0.123 e. The van der Waals surface area contributed by atoms with Crippen LogP contribution in [0.2, 0.25) is 0 Å². The molecular formula is C16H22FNO. The van der Waals surface area contributed by atoms with Crippen molar-refractivity contribution in [1.82, 2.24) is 5.32 Å². The van der Waals surface area contributed by atoms with Gasteiger partial charge in [0.2, 0.25) is 0 Å². The summed E-state index contributed by atoms with van der Waals surface area (Å²) in [6.45, 7) is 3.03. The van der Waals surface area contributed by atoms with Crippen LogP contribution in [0.4, 0.5) is 4.39 Å². The Kier molecular flexibility index (Phi) is 3.85. The number of hydrogen-bond donors (Lipinski definition) is 1. The Hall–Kier alpha value is -0.930. The van der Waals surface area contributed by atoms with Crippen molar-refractivity contribution in [2.45, 2.75) is 37.7 Å². The van der Waals surface area contributed by atoms with E-state index in [1.165, 1.54) is 5.56 Å². The summed E-state index contributed by atoms with van der Waals surface area (Å²) in [5, 5.41) is 3.41. The highest BCUT2D eigenvalue weighted by molar-refractivity contribution is 5.17. The Bertz CT molecular complexity index is 406. The van der Waals surface area contributed by atoms with Crippen LogP contribution in [-0.2, 0) is 11.2 Å². The molecule has 0 aliphatic carbocycles. The minimum atomic E-state index is -0.148. The Labute approximate surface area is 114 Å². The lowest BCUT2D eigenvalue weighted by molar-refractivity contribution is -0.113. The molecule has 0 saturated carbocycles. The van der Waals surface area contributed by atoms with Gasteiger partial charge in [-0.25, -0.2) is 4.39 Å². The Morgan fingerprint density at radius 2 is 1.95 bits per heavy atom. The summed E-state index contributed by atoms with van der Waals surface area (Å²) in [6, 6.07) is 6.96. The highest BCUT2D eigenvalue weighted by atomic mass is 19.1. The third-order valence-electron chi connectivity index (χ3n) is 4.55. The molecule has 2 saturated heterocycles. The fourth-order valence-electron chi connectivity index (χ4n) is 3.49. The standard InChI is InChI=1S/C16H22FNO/c17-15-3-1-13(2-4-15)11-14-5-10-19-16(12-14)6-8-18-9-7-16/h1-4,14,18H,5-12H2. The number of halogens is 1. The van der Waals surface area contributed by atoms with Gasteiger partial charge in [-0.2, -0.15) is 0 Å². The van der Waals surface area contributed by atoms with E-state index in [1.54, 1.807) is 12.1 Å². The zero-order valence-electron chi connectivity index (χ0n) is 11.3. The molecule has 1 spiro atoms. The van der Waals surface area contributed by atoms with E-state index in [1.807, 2.05) is 12.1 Å². The molecule has 1 N–H and O–H groups in total. The number of rotatable bonds is 2. The zero-order valence-corrected chi connectivity index (χ0v) is 11.3. The molecular weight excluding hydrogens is 241 g/mol. The van der Waals surface area contributed by atoms with E-state index in [4.69, 9.17) is 4.74 Å². The van der Waals surface area contributed by atoms with Gasteiger partial charge in [-0.1, -0.05) is 12.1 Å². The van der Waals surface area contributed by atoms with Gasteiger partial charge in [0.1, 0.15) is 5.82 Å². The summed E-state index contributed by atoms with van der Waals surface area (Å²) in [7, 11) is 0. The average Bonchev–Trinajstić information content (AvgIpc) is 2.42. The van der Waals surface area contributed by atoms with Crippen LogP contribution >= 0.6 is 0 Å². The molecule has 1 unspecified atom stereocenters. The molecule has 0 bridgehead atoms. The smallest absolute Gasteiger partial charge is 0.123 e. The summed E-state index contributed by atoms with van der Waals surface area (Å²) >= 11 is 0. The fourth-order valence-corrected chi connectivity index (χ4v) is 3.49. The monoisotopic (exact) mass is 263 g/mol. The van der Waals surface area contributed by atoms with Crippen molar-refractivity contribution >= 4 is 0 Å². The van der Waals surface area contributed by atoms with Crippen LogP contribution in [0.1, 0.15) is 31.2 Å². The topological polar surface area (TPSA) is 21.3 Å². The molecule has 104 valence electrons. The van der Waals surface area contributed by atoms with Gasteiger partial charge in [0.05, 0.1) is 5.60 Å². The van der Waals surface area contributed by atoms with Gasteiger partial charge in [0.25, 0.3) is 0 Å². The van der Waals surface area contributed by atoms with Crippen molar-refractivity contribution in [3.63, 3.8) is 0 Å². The molecule has 2 aliphatic rings. The molecule has 1 aromatic carbocycles. The lowest BCUT2D eigenvalue weighted by Gasteiger charge is -2.43. The summed E-state index contributed by atoms with van der Waals surface area (Å²) in [4.78, 5) is 0. The van der Waals surface area contributed by atoms with E-state index in [0.29, 0.717) is 5.92 Å². The normalized spacial score (nSPS) is 26.5. The molecule has 3 heteroatoms. The van der Waals surface area contributed by atoms with E-state index < -0.39 is 0 Å². The Morgan fingerprint density at radius 3 is 2.68 bits per heavy atom. The van der Waals surface area contributed by atoms with Crippen molar-refractivity contribution in [2.75, 3.05) is 19.7 Å². The second kappa shape index (κ2) is 5.59. The molecule has 2 aliphatic heterocycles. The van der Waals surface area contributed by atoms with Gasteiger partial charge in [0.15, 0.2) is 0 Å². The summed E-state index contributed by atoms with van der Waals surface area (Å²) in [6.07, 6.45) is 5.61. The Balaban J connectivity index is 1.63. The number of hydrogen-bond acceptors (Lipinski definition) is 2. The van der Waals surface area contributed by atoms with Gasteiger partial charge in [-0.05, 0) is 68.8 Å². The molecule has 0 radical (unpaired) electrons. The fraction of sp³-hybridized carbons (Fsp3) is 0.625. The summed E-state index contributed by atoms with van der Waals surface area (Å²) in [5.41, 5.74) is 1.37. The van der Waals surface area contributed by atoms with E-state index in [2.05, 4.69) is 5.32 Å². The molecule has 2 fully saturated rings. The van der Waals surface area contributed by atoms with Crippen LogP contribution < -0.4 is 5.32 Å². The van der Waals surface area contributed by atoms with Crippen molar-refractivity contribution in [3.8, 4) is 0 Å². The number of nitrogens with one attached hydrogen (secondary N) is 1. The van der Waals surface area contributed by atoms with Crippen LogP contribution in [0.15, 0.2) is 24.3 Å². The summed E-state index contributed by atoms with van der Waals surface area (Å²) in [5.74, 6) is 0.530. The quantitative estimate of drug-likeness (QED) is 0.886. The minimum absolute atomic E-state index is 0.119. The lowest BCUT2D eigenvalue weighted by atomic mass is 9.78. The Morgan fingerprint density at radius 1 is 1.21 bits per heavy atom. The second-order valence-electron chi connectivity index (χ2n) is 5.97. The SMILES string of the molecule is Fc1ccc(CC2CCOC3(CCNCC3)C2)cc1. The van der Waals surface area contributed by atoms with E-state index in [9.17, 15) is 4.39 Å². The third-order valence-corrected chi connectivity index (χ3v) is 4.55. The first-order valence-electron chi connectivity index (χ1n) is 7.35. The molecule has 2 nitrogen and oxygen atoms in total. The highest BCUT2D eigenvalue weighted by Gasteiger charge is 2.38. The predicted octanol–water partition coefficient (Wildman–Crippen LogP) is 2.92. The van der Waals surface area contributed by atoms with E-state index >= 15 is 0 Å². The van der Waals surface area contributed by atoms with Crippen molar-refractivity contribution < 1.29 is 9.13 Å². The molecule has 2 heterocycles. The third kappa shape index (κ3) is 3.15. The molecule has 3 rings (SSSR count). The van der Waals surface area contributed by atoms with Crippen molar-refractivity contribution in [1.29, 1.82) is 0 Å². The first kappa shape index (κ1) is 13.1. The molecule has 19 heavy (non-hydrogen) atoms. The van der Waals surface area contributed by atoms with Crippen LogP contribution in [0.5, 0.6) is 0 Å². The van der Waals surface area contributed by atoms with E-state index in [0.717, 1.165) is 51.8 Å². The molecule has 1 aromatic rings. The van der Waals surface area contributed by atoms with Gasteiger partial charge < -0.3 is 10.1 Å². The number of ether oxygens (including phenoxy) is 1. The van der Waals surface area contributed by atoms with Crippen LogP contribution in [0.3, 0.4) is 0 Å². The predicted molar refractivity (Wildman–Crippen MR) is 73.6 cm³/mol. The molecule has 0 aromatic heterocycles. The minimum Gasteiger partial charge on any atom is -0.375 e. The molecule has 0 amide bonds. The first-order valence-corrected chi connectivity index (χ1v) is 7.35. The van der Waals surface area contributed by atoms with E-state index in [-0.39, 0.29) is 11.4 Å². The average molecular weight is 263 g/mol. The van der Waals surface area contributed by atoms with Crippen molar-refractivity contribution in [3.05, 3.63) is 35.6 Å². The van der Waals surface area contributed by atoms with Crippen molar-refractivity contribution in [2.24, 2.45) is 5.92 Å². The second-order valence-corrected chi connectivity index (χ2v) is 5.97. The maximum atomic E-state index is 12.9. The number of benzene rings is 1. The largest absolute Gasteiger partial charge is 0.375 e. The zero-order chi connectivity index (χ0) is 13.1. The van der Waals surface area contributed by atoms with Crippen LogP contribution in [0.25, 0.3) is 0 Å². The van der Waals surface area contributed by atoms with Gasteiger partial charge in [-0.3, -0.25) is 0 Å². The molecule has 1 atom stereocenters. The van der Waals surface area contributed by atoms with Crippen LogP contribution in [0, 0.1) is 11.7 Å². The van der Waals surface area contributed by atoms with Gasteiger partial charge >= 0.3 is 0 Å². The first-order chi connectivity index (χ1) is 9.26.